The number of para-hydroxylation sites is 1. The highest BCUT2D eigenvalue weighted by Crippen LogP contribution is 2.22. The maximum Gasteiger partial charge on any atom is 0.312 e. The van der Waals surface area contributed by atoms with E-state index in [1.54, 1.807) is 48.3 Å². The number of carbonyl (C=O) groups is 2. The van der Waals surface area contributed by atoms with Gasteiger partial charge in [-0.1, -0.05) is 35.9 Å². The summed E-state index contributed by atoms with van der Waals surface area (Å²) >= 11 is 6.02. The van der Waals surface area contributed by atoms with E-state index >= 15 is 0 Å². The van der Waals surface area contributed by atoms with Gasteiger partial charge in [0.05, 0.1) is 11.6 Å². The molecule has 6 nitrogen and oxygen atoms in total. The molecule has 2 rings (SSSR count). The third-order valence-corrected chi connectivity index (χ3v) is 3.85. The third-order valence-electron chi connectivity index (χ3n) is 3.54. The van der Waals surface area contributed by atoms with Crippen molar-refractivity contribution in [3.63, 3.8) is 0 Å². The fraction of sp³-hybridized carbons (Fsp3) is 0.222. The van der Waals surface area contributed by atoms with E-state index in [2.05, 4.69) is 5.32 Å². The van der Waals surface area contributed by atoms with E-state index in [4.69, 9.17) is 22.1 Å². The van der Waals surface area contributed by atoms with Gasteiger partial charge in [-0.2, -0.15) is 0 Å². The molecule has 2 aromatic carbocycles. The van der Waals surface area contributed by atoms with Gasteiger partial charge in [-0.3, -0.25) is 4.79 Å². The fourth-order valence-corrected chi connectivity index (χ4v) is 2.32. The Bertz CT molecular complexity index is 735. The number of carbonyl (C=O) groups excluding carboxylic acids is 2. The van der Waals surface area contributed by atoms with Crippen LogP contribution in [0.4, 0.5) is 4.79 Å². The van der Waals surface area contributed by atoms with Gasteiger partial charge < -0.3 is 20.7 Å². The van der Waals surface area contributed by atoms with E-state index in [1.165, 1.54) is 0 Å². The average molecular weight is 362 g/mol. The molecule has 7 heteroatoms. The summed E-state index contributed by atoms with van der Waals surface area (Å²) in [5.74, 6) is 0.480. The Morgan fingerprint density at radius 2 is 1.84 bits per heavy atom. The normalized spacial score (nSPS) is 10.2. The van der Waals surface area contributed by atoms with Crippen LogP contribution >= 0.6 is 11.6 Å². The van der Waals surface area contributed by atoms with Crippen molar-refractivity contribution in [2.24, 2.45) is 5.73 Å². The second-order valence-corrected chi connectivity index (χ2v) is 5.83. The molecule has 132 valence electrons. The summed E-state index contributed by atoms with van der Waals surface area (Å²) in [5, 5.41) is 3.04. The van der Waals surface area contributed by atoms with Crippen LogP contribution in [0.5, 0.6) is 5.75 Å². The SMILES string of the molecule is CN(CCOc1ccccc1Cl)C(=O)c1ccc(CNC(N)=O)cc1. The van der Waals surface area contributed by atoms with Gasteiger partial charge in [0.1, 0.15) is 12.4 Å². The molecule has 0 spiro atoms. The molecule has 0 saturated heterocycles. The molecular formula is C18H20ClN3O3. The van der Waals surface area contributed by atoms with Crippen LogP contribution < -0.4 is 15.8 Å². The molecule has 0 fully saturated rings. The highest BCUT2D eigenvalue weighted by Gasteiger charge is 2.12. The number of nitrogens with zero attached hydrogens (tertiary/aromatic N) is 1. The molecule has 0 radical (unpaired) electrons. The standard InChI is InChI=1S/C18H20ClN3O3/c1-22(10-11-25-16-5-3-2-4-15(16)19)17(23)14-8-6-13(7-9-14)12-21-18(20)24/h2-9H,10-12H2,1H3,(H3,20,21,24). The lowest BCUT2D eigenvalue weighted by Gasteiger charge is -2.18. The zero-order chi connectivity index (χ0) is 18.2. The van der Waals surface area contributed by atoms with Crippen molar-refractivity contribution in [3.05, 3.63) is 64.7 Å². The Morgan fingerprint density at radius 1 is 1.16 bits per heavy atom. The highest BCUT2D eigenvalue weighted by atomic mass is 35.5. The number of primary amides is 1. The molecule has 0 atom stereocenters. The Morgan fingerprint density at radius 3 is 2.48 bits per heavy atom. The summed E-state index contributed by atoms with van der Waals surface area (Å²) in [7, 11) is 1.71. The highest BCUT2D eigenvalue weighted by molar-refractivity contribution is 6.32. The molecule has 0 unspecified atom stereocenters. The molecule has 0 bridgehead atoms. The summed E-state index contributed by atoms with van der Waals surface area (Å²) < 4.78 is 5.59. The number of benzene rings is 2. The molecule has 0 heterocycles. The van der Waals surface area contributed by atoms with Crippen molar-refractivity contribution in [1.82, 2.24) is 10.2 Å². The summed E-state index contributed by atoms with van der Waals surface area (Å²) in [4.78, 5) is 24.7. The molecule has 0 aliphatic rings. The first-order chi connectivity index (χ1) is 12.0. The van der Waals surface area contributed by atoms with Crippen molar-refractivity contribution in [3.8, 4) is 5.75 Å². The minimum Gasteiger partial charge on any atom is -0.490 e. The first-order valence-electron chi connectivity index (χ1n) is 7.72. The van der Waals surface area contributed by atoms with Crippen molar-refractivity contribution in [2.45, 2.75) is 6.54 Å². The van der Waals surface area contributed by atoms with Crippen LogP contribution in [-0.4, -0.2) is 37.0 Å². The van der Waals surface area contributed by atoms with E-state index in [-0.39, 0.29) is 5.91 Å². The Kier molecular flexibility index (Phi) is 6.65. The van der Waals surface area contributed by atoms with E-state index in [1.807, 2.05) is 12.1 Å². The largest absolute Gasteiger partial charge is 0.490 e. The van der Waals surface area contributed by atoms with Crippen LogP contribution in [0.3, 0.4) is 0 Å². The first kappa shape index (κ1) is 18.6. The van der Waals surface area contributed by atoms with E-state index < -0.39 is 6.03 Å². The summed E-state index contributed by atoms with van der Waals surface area (Å²) in [6.45, 7) is 1.09. The number of halogens is 1. The van der Waals surface area contributed by atoms with Crippen molar-refractivity contribution < 1.29 is 14.3 Å². The van der Waals surface area contributed by atoms with Gasteiger partial charge in [0.2, 0.25) is 0 Å². The topological polar surface area (TPSA) is 84.7 Å². The summed E-state index contributed by atoms with van der Waals surface area (Å²) in [6.07, 6.45) is 0. The van der Waals surface area contributed by atoms with Gasteiger partial charge in [-0.05, 0) is 29.8 Å². The van der Waals surface area contributed by atoms with Gasteiger partial charge >= 0.3 is 6.03 Å². The molecule has 0 saturated carbocycles. The lowest BCUT2D eigenvalue weighted by molar-refractivity contribution is 0.0774. The van der Waals surface area contributed by atoms with Crippen LogP contribution in [0.25, 0.3) is 0 Å². The molecule has 2 aromatic rings. The van der Waals surface area contributed by atoms with Crippen LogP contribution in [0, 0.1) is 0 Å². The molecule has 0 aliphatic carbocycles. The number of ether oxygens (including phenoxy) is 1. The number of nitrogens with one attached hydrogen (secondary N) is 1. The Balaban J connectivity index is 1.84. The number of amides is 3. The lowest BCUT2D eigenvalue weighted by atomic mass is 10.1. The minimum absolute atomic E-state index is 0.114. The number of hydrogen-bond donors (Lipinski definition) is 2. The van der Waals surface area contributed by atoms with Crippen molar-refractivity contribution in [2.75, 3.05) is 20.2 Å². The van der Waals surface area contributed by atoms with Gasteiger partial charge in [-0.15, -0.1) is 0 Å². The van der Waals surface area contributed by atoms with Crippen LogP contribution in [0.15, 0.2) is 48.5 Å². The van der Waals surface area contributed by atoms with Gasteiger partial charge in [0.15, 0.2) is 0 Å². The minimum atomic E-state index is -0.585. The molecule has 3 amide bonds. The fourth-order valence-electron chi connectivity index (χ4n) is 2.13. The average Bonchev–Trinajstić information content (AvgIpc) is 2.61. The zero-order valence-electron chi connectivity index (χ0n) is 13.9. The van der Waals surface area contributed by atoms with E-state index in [9.17, 15) is 9.59 Å². The summed E-state index contributed by atoms with van der Waals surface area (Å²) in [6, 6.07) is 13.6. The van der Waals surface area contributed by atoms with Crippen molar-refractivity contribution in [1.29, 1.82) is 0 Å². The van der Waals surface area contributed by atoms with E-state index in [0.29, 0.717) is 36.0 Å². The number of nitrogens with two attached hydrogens (primary N) is 1. The number of urea groups is 1. The molecule has 3 N–H and O–H groups in total. The predicted molar refractivity (Wildman–Crippen MR) is 96.8 cm³/mol. The number of hydrogen-bond acceptors (Lipinski definition) is 3. The second-order valence-electron chi connectivity index (χ2n) is 5.42. The zero-order valence-corrected chi connectivity index (χ0v) is 14.6. The molecule has 0 aliphatic heterocycles. The van der Waals surface area contributed by atoms with Gasteiger partial charge in [-0.25, -0.2) is 4.79 Å². The third kappa shape index (κ3) is 5.69. The predicted octanol–water partition coefficient (Wildman–Crippen LogP) is 2.66. The maximum atomic E-state index is 12.4. The molecule has 0 aromatic heterocycles. The van der Waals surface area contributed by atoms with Gasteiger partial charge in [0, 0.05) is 19.2 Å². The monoisotopic (exact) mass is 361 g/mol. The van der Waals surface area contributed by atoms with Crippen LogP contribution in [0.2, 0.25) is 5.02 Å². The number of rotatable bonds is 7. The van der Waals surface area contributed by atoms with E-state index in [0.717, 1.165) is 5.56 Å². The molecular weight excluding hydrogens is 342 g/mol. The van der Waals surface area contributed by atoms with Crippen LogP contribution in [-0.2, 0) is 6.54 Å². The Hall–Kier alpha value is -2.73. The van der Waals surface area contributed by atoms with Crippen LogP contribution in [0.1, 0.15) is 15.9 Å². The maximum absolute atomic E-state index is 12.4. The molecule has 25 heavy (non-hydrogen) atoms. The smallest absolute Gasteiger partial charge is 0.312 e. The second kappa shape index (κ2) is 8.94. The quantitative estimate of drug-likeness (QED) is 0.795. The summed E-state index contributed by atoms with van der Waals surface area (Å²) in [5.41, 5.74) is 6.44. The first-order valence-corrected chi connectivity index (χ1v) is 8.10. The van der Waals surface area contributed by atoms with Crippen molar-refractivity contribution >= 4 is 23.5 Å². The number of likely N-dealkylation sites (N-methyl/N-ethyl adjacent to an activating group) is 1. The Labute approximate surface area is 151 Å². The lowest BCUT2D eigenvalue weighted by Crippen LogP contribution is -2.31. The van der Waals surface area contributed by atoms with Gasteiger partial charge in [0.25, 0.3) is 5.91 Å².